The van der Waals surface area contributed by atoms with E-state index in [0.29, 0.717) is 6.42 Å². The predicted molar refractivity (Wildman–Crippen MR) is 103 cm³/mol. The molecule has 0 saturated heterocycles. The molecule has 0 unspecified atom stereocenters. The van der Waals surface area contributed by atoms with Gasteiger partial charge in [-0.2, -0.15) is 0 Å². The van der Waals surface area contributed by atoms with E-state index in [1.54, 1.807) is 0 Å². The normalized spacial score (nSPS) is 11.8. The molecule has 2 N–H and O–H groups in total. The smallest absolute Gasteiger partial charge is 0.306 e. The summed E-state index contributed by atoms with van der Waals surface area (Å²) in [5, 5.41) is 17.7. The van der Waals surface area contributed by atoms with Crippen molar-refractivity contribution in [2.45, 2.75) is 90.1 Å². The summed E-state index contributed by atoms with van der Waals surface area (Å²) in [6.45, 7) is 1.58. The topological polar surface area (TPSA) is 66.8 Å². The minimum absolute atomic E-state index is 0.330. The monoisotopic (exact) mass is 354 g/mol. The Morgan fingerprint density at radius 1 is 0.840 bits per heavy atom. The highest BCUT2D eigenvalue weighted by atomic mass is 16.6. The molecule has 0 amide bonds. The largest absolute Gasteiger partial charge is 0.457 e. The van der Waals surface area contributed by atoms with Crippen molar-refractivity contribution in [3.8, 4) is 0 Å². The number of rotatable bonds is 17. The molecule has 0 aromatic carbocycles. The number of unbranched alkanes of at least 4 members (excludes halogenated alkanes) is 9. The first kappa shape index (κ1) is 23.9. The van der Waals surface area contributed by atoms with Gasteiger partial charge in [0.1, 0.15) is 6.10 Å². The van der Waals surface area contributed by atoms with Gasteiger partial charge in [0.05, 0.1) is 13.2 Å². The first-order chi connectivity index (χ1) is 12.2. The quantitative estimate of drug-likeness (QED) is 0.226. The Bertz CT molecular complexity index is 346. The van der Waals surface area contributed by atoms with E-state index in [0.717, 1.165) is 25.7 Å². The van der Waals surface area contributed by atoms with E-state index in [1.807, 2.05) is 0 Å². The fraction of sp³-hybridized carbons (Fsp3) is 0.762. The van der Waals surface area contributed by atoms with Crippen molar-refractivity contribution >= 4 is 5.97 Å². The number of carbonyl (C=O) groups is 1. The van der Waals surface area contributed by atoms with Crippen LogP contribution in [0.15, 0.2) is 24.3 Å². The lowest BCUT2D eigenvalue weighted by atomic mass is 10.1. The Balaban J connectivity index is 3.36. The SMILES string of the molecule is CCCCCC/C=C/C=C/CCCCCCCC(=O)OC(CO)CO. The van der Waals surface area contributed by atoms with Crippen LogP contribution in [0.3, 0.4) is 0 Å². The number of esters is 1. The van der Waals surface area contributed by atoms with E-state index in [1.165, 1.54) is 44.9 Å². The van der Waals surface area contributed by atoms with Crippen LogP contribution in [0.1, 0.15) is 84.0 Å². The standard InChI is InChI=1S/C21H38O4/c1-2-3-4-5-6-7-8-9-10-11-12-13-14-15-16-17-21(24)25-20(18-22)19-23/h7-10,20,22-23H,2-6,11-19H2,1H3/b8-7+,10-9+. The minimum atomic E-state index is -0.773. The zero-order chi connectivity index (χ0) is 18.6. The number of aliphatic hydroxyl groups excluding tert-OH is 2. The van der Waals surface area contributed by atoms with E-state index in [2.05, 4.69) is 31.2 Å². The van der Waals surface area contributed by atoms with Gasteiger partial charge in [0.15, 0.2) is 0 Å². The summed E-state index contributed by atoms with van der Waals surface area (Å²) in [5.74, 6) is -0.336. The van der Waals surface area contributed by atoms with Crippen LogP contribution in [0.25, 0.3) is 0 Å². The Morgan fingerprint density at radius 2 is 1.36 bits per heavy atom. The lowest BCUT2D eigenvalue weighted by Crippen LogP contribution is -2.25. The molecule has 0 aromatic rings. The number of ether oxygens (including phenoxy) is 1. The molecule has 4 nitrogen and oxygen atoms in total. The predicted octanol–water partition coefficient (Wildman–Crippen LogP) is 4.70. The van der Waals surface area contributed by atoms with Gasteiger partial charge in [0, 0.05) is 6.42 Å². The molecule has 4 heteroatoms. The third kappa shape index (κ3) is 17.5. The van der Waals surface area contributed by atoms with Gasteiger partial charge in [0.25, 0.3) is 0 Å². The second-order valence-corrected chi connectivity index (χ2v) is 6.49. The Morgan fingerprint density at radius 3 is 1.92 bits per heavy atom. The maximum atomic E-state index is 11.4. The summed E-state index contributed by atoms with van der Waals surface area (Å²) in [6, 6.07) is 0. The zero-order valence-electron chi connectivity index (χ0n) is 16.0. The number of hydrogen-bond donors (Lipinski definition) is 2. The van der Waals surface area contributed by atoms with Crippen LogP contribution in [0.4, 0.5) is 0 Å². The molecule has 25 heavy (non-hydrogen) atoms. The molecule has 0 atom stereocenters. The van der Waals surface area contributed by atoms with Crippen molar-refractivity contribution in [2.24, 2.45) is 0 Å². The molecule has 0 aliphatic carbocycles. The van der Waals surface area contributed by atoms with Crippen molar-refractivity contribution in [2.75, 3.05) is 13.2 Å². The molecule has 0 saturated carbocycles. The van der Waals surface area contributed by atoms with E-state index in [-0.39, 0.29) is 19.2 Å². The van der Waals surface area contributed by atoms with E-state index < -0.39 is 6.10 Å². The Labute approximate surface area is 154 Å². The summed E-state index contributed by atoms with van der Waals surface area (Å²) in [4.78, 5) is 11.4. The summed E-state index contributed by atoms with van der Waals surface area (Å²) in [7, 11) is 0. The lowest BCUT2D eigenvalue weighted by Gasteiger charge is -2.12. The molecule has 0 bridgehead atoms. The van der Waals surface area contributed by atoms with E-state index >= 15 is 0 Å². The second-order valence-electron chi connectivity index (χ2n) is 6.49. The minimum Gasteiger partial charge on any atom is -0.457 e. The van der Waals surface area contributed by atoms with Crippen molar-refractivity contribution in [1.82, 2.24) is 0 Å². The molecule has 0 aliphatic rings. The molecule has 0 rings (SSSR count). The maximum Gasteiger partial charge on any atom is 0.306 e. The first-order valence-electron chi connectivity index (χ1n) is 9.97. The maximum absolute atomic E-state index is 11.4. The average Bonchev–Trinajstić information content (AvgIpc) is 2.62. The highest BCUT2D eigenvalue weighted by Crippen LogP contribution is 2.09. The molecule has 0 radical (unpaired) electrons. The molecule has 0 heterocycles. The van der Waals surface area contributed by atoms with Crippen LogP contribution >= 0.6 is 0 Å². The summed E-state index contributed by atoms with van der Waals surface area (Å²) < 4.78 is 4.91. The number of carbonyl (C=O) groups excluding carboxylic acids is 1. The number of allylic oxidation sites excluding steroid dienone is 4. The van der Waals surface area contributed by atoms with E-state index in [4.69, 9.17) is 14.9 Å². The highest BCUT2D eigenvalue weighted by molar-refractivity contribution is 5.69. The van der Waals surface area contributed by atoms with Crippen LogP contribution in [0, 0.1) is 0 Å². The fourth-order valence-corrected chi connectivity index (χ4v) is 2.48. The molecule has 0 aliphatic heterocycles. The van der Waals surface area contributed by atoms with Gasteiger partial charge in [-0.1, -0.05) is 69.8 Å². The van der Waals surface area contributed by atoms with Crippen LogP contribution in [-0.2, 0) is 9.53 Å². The van der Waals surface area contributed by atoms with Crippen molar-refractivity contribution in [3.63, 3.8) is 0 Å². The van der Waals surface area contributed by atoms with Gasteiger partial charge in [-0.15, -0.1) is 0 Å². The lowest BCUT2D eigenvalue weighted by molar-refractivity contribution is -0.153. The van der Waals surface area contributed by atoms with Gasteiger partial charge in [0.2, 0.25) is 0 Å². The average molecular weight is 355 g/mol. The number of aliphatic hydroxyl groups is 2. The van der Waals surface area contributed by atoms with Crippen LogP contribution < -0.4 is 0 Å². The highest BCUT2D eigenvalue weighted by Gasteiger charge is 2.11. The molecule has 0 fully saturated rings. The molecule has 0 aromatic heterocycles. The van der Waals surface area contributed by atoms with Crippen LogP contribution in [0.2, 0.25) is 0 Å². The van der Waals surface area contributed by atoms with Gasteiger partial charge < -0.3 is 14.9 Å². The third-order valence-electron chi connectivity index (χ3n) is 4.06. The zero-order valence-corrected chi connectivity index (χ0v) is 16.0. The summed E-state index contributed by atoms with van der Waals surface area (Å²) in [6.07, 6.45) is 21.2. The third-order valence-corrected chi connectivity index (χ3v) is 4.06. The molecule has 0 spiro atoms. The van der Waals surface area contributed by atoms with Crippen molar-refractivity contribution < 1.29 is 19.7 Å². The van der Waals surface area contributed by atoms with Crippen molar-refractivity contribution in [1.29, 1.82) is 0 Å². The van der Waals surface area contributed by atoms with Gasteiger partial charge in [-0.3, -0.25) is 4.79 Å². The molecule has 146 valence electrons. The van der Waals surface area contributed by atoms with Crippen molar-refractivity contribution in [3.05, 3.63) is 24.3 Å². The summed E-state index contributed by atoms with van der Waals surface area (Å²) in [5.41, 5.74) is 0. The Hall–Kier alpha value is -1.13. The van der Waals surface area contributed by atoms with Gasteiger partial charge in [-0.05, 0) is 32.1 Å². The van der Waals surface area contributed by atoms with Crippen LogP contribution in [-0.4, -0.2) is 35.5 Å². The van der Waals surface area contributed by atoms with Crippen LogP contribution in [0.5, 0.6) is 0 Å². The summed E-state index contributed by atoms with van der Waals surface area (Å²) >= 11 is 0. The van der Waals surface area contributed by atoms with Gasteiger partial charge >= 0.3 is 5.97 Å². The first-order valence-corrected chi connectivity index (χ1v) is 9.97. The second kappa shape index (κ2) is 19.2. The van der Waals surface area contributed by atoms with E-state index in [9.17, 15) is 4.79 Å². The van der Waals surface area contributed by atoms with Gasteiger partial charge in [-0.25, -0.2) is 0 Å². The Kier molecular flexibility index (Phi) is 18.3. The fourth-order valence-electron chi connectivity index (χ4n) is 2.48. The number of hydrogen-bond acceptors (Lipinski definition) is 4. The molecular formula is C21H38O4. The molecular weight excluding hydrogens is 316 g/mol.